The molecule has 2 fully saturated rings. The molecule has 2 aromatic heterocycles. The van der Waals surface area contributed by atoms with Crippen LogP contribution in [0, 0.1) is 0 Å². The first-order valence-electron chi connectivity index (χ1n) is 8.69. The molecule has 4 rings (SSSR count). The summed E-state index contributed by atoms with van der Waals surface area (Å²) in [5.74, 6) is 0.605. The highest BCUT2D eigenvalue weighted by molar-refractivity contribution is 7.13. The van der Waals surface area contributed by atoms with Crippen molar-refractivity contribution in [2.24, 2.45) is 0 Å². The zero-order chi connectivity index (χ0) is 16.7. The summed E-state index contributed by atoms with van der Waals surface area (Å²) in [4.78, 5) is 22.8. The van der Waals surface area contributed by atoms with E-state index in [1.54, 1.807) is 11.3 Å². The van der Waals surface area contributed by atoms with Crippen molar-refractivity contribution < 1.29 is 9.21 Å². The fraction of sp³-hybridized carbons (Fsp3) is 0.556. The van der Waals surface area contributed by atoms with E-state index < -0.39 is 0 Å². The van der Waals surface area contributed by atoms with Crippen LogP contribution < -0.4 is 0 Å². The van der Waals surface area contributed by atoms with Crippen molar-refractivity contribution in [3.05, 3.63) is 29.6 Å². The first-order valence-corrected chi connectivity index (χ1v) is 9.57. The van der Waals surface area contributed by atoms with Gasteiger partial charge in [0.2, 0.25) is 0 Å². The van der Waals surface area contributed by atoms with E-state index in [1.165, 1.54) is 19.2 Å². The number of rotatable bonds is 3. The van der Waals surface area contributed by atoms with Gasteiger partial charge < -0.3 is 9.32 Å². The molecule has 2 atom stereocenters. The average Bonchev–Trinajstić information content (AvgIpc) is 3.24. The molecule has 0 spiro atoms. The number of hydrogen-bond acceptors (Lipinski definition) is 5. The Labute approximate surface area is 146 Å². The largest absolute Gasteiger partial charge is 0.442 e. The molecule has 2 aromatic rings. The van der Waals surface area contributed by atoms with Gasteiger partial charge in [0.25, 0.3) is 5.91 Å². The van der Waals surface area contributed by atoms with Gasteiger partial charge in [-0.1, -0.05) is 6.07 Å². The summed E-state index contributed by atoms with van der Waals surface area (Å²) < 4.78 is 5.51. The maximum atomic E-state index is 13.1. The predicted octanol–water partition coefficient (Wildman–Crippen LogP) is 3.49. The van der Waals surface area contributed by atoms with Crippen LogP contribution >= 0.6 is 11.3 Å². The molecular formula is C18H23N3O2S. The number of carbonyl (C=O) groups excluding carboxylic acids is 1. The molecule has 0 aliphatic carbocycles. The summed E-state index contributed by atoms with van der Waals surface area (Å²) in [5, 5.41) is 1.98. The van der Waals surface area contributed by atoms with E-state index in [0.29, 0.717) is 29.6 Å². The molecule has 2 aliphatic heterocycles. The highest BCUT2D eigenvalue weighted by Gasteiger charge is 2.40. The van der Waals surface area contributed by atoms with Crippen LogP contribution in [-0.2, 0) is 0 Å². The van der Waals surface area contributed by atoms with E-state index in [-0.39, 0.29) is 5.91 Å². The number of nitrogens with zero attached hydrogens (tertiary/aromatic N) is 3. The lowest BCUT2D eigenvalue weighted by atomic mass is 10.1. The Morgan fingerprint density at radius 1 is 1.33 bits per heavy atom. The maximum absolute atomic E-state index is 13.1. The minimum Gasteiger partial charge on any atom is -0.442 e. The van der Waals surface area contributed by atoms with E-state index in [2.05, 4.69) is 23.7 Å². The van der Waals surface area contributed by atoms with Crippen LogP contribution in [0.2, 0.25) is 0 Å². The number of fused-ring (bicyclic) bond motifs is 2. The standard InChI is InChI=1S/C18H23N3O2S/c1-12(2)21-13-5-6-14(21)10-20(8-7-13)18(22)16-17(23-11-19-16)15-4-3-9-24-15/h3-4,9,11-14H,5-8,10H2,1-2H3/t13-,14-/m0/s1. The second-order valence-corrected chi connectivity index (χ2v) is 7.92. The lowest BCUT2D eigenvalue weighted by Gasteiger charge is -2.32. The number of carbonyl (C=O) groups is 1. The molecule has 1 amide bonds. The molecule has 0 N–H and O–H groups in total. The third-order valence-electron chi connectivity index (χ3n) is 5.24. The van der Waals surface area contributed by atoms with Crippen molar-refractivity contribution >= 4 is 17.2 Å². The summed E-state index contributed by atoms with van der Waals surface area (Å²) in [6.45, 7) is 6.12. The normalized spacial score (nSPS) is 24.5. The van der Waals surface area contributed by atoms with Gasteiger partial charge >= 0.3 is 0 Å². The van der Waals surface area contributed by atoms with Crippen molar-refractivity contribution in [3.63, 3.8) is 0 Å². The minimum absolute atomic E-state index is 0.00315. The van der Waals surface area contributed by atoms with Crippen molar-refractivity contribution in [2.75, 3.05) is 13.1 Å². The average molecular weight is 345 g/mol. The molecule has 2 saturated heterocycles. The van der Waals surface area contributed by atoms with Gasteiger partial charge in [-0.2, -0.15) is 0 Å². The van der Waals surface area contributed by atoms with Gasteiger partial charge in [-0.3, -0.25) is 9.69 Å². The maximum Gasteiger partial charge on any atom is 0.276 e. The van der Waals surface area contributed by atoms with E-state index in [0.717, 1.165) is 24.4 Å². The summed E-state index contributed by atoms with van der Waals surface area (Å²) in [7, 11) is 0. The highest BCUT2D eigenvalue weighted by atomic mass is 32.1. The predicted molar refractivity (Wildman–Crippen MR) is 94.1 cm³/mol. The van der Waals surface area contributed by atoms with Gasteiger partial charge in [-0.25, -0.2) is 4.98 Å². The smallest absolute Gasteiger partial charge is 0.276 e. The van der Waals surface area contributed by atoms with Crippen LogP contribution in [0.4, 0.5) is 0 Å². The zero-order valence-corrected chi connectivity index (χ0v) is 15.0. The SMILES string of the molecule is CC(C)N1[C@H]2CC[C@H]1CN(C(=O)c1ncoc1-c1cccs1)CC2. The molecule has 6 heteroatoms. The fourth-order valence-corrected chi connectivity index (χ4v) is 4.98. The second-order valence-electron chi connectivity index (χ2n) is 6.97. The lowest BCUT2D eigenvalue weighted by Crippen LogP contribution is -2.44. The highest BCUT2D eigenvalue weighted by Crippen LogP contribution is 2.33. The molecule has 2 bridgehead atoms. The molecule has 2 aliphatic rings. The Morgan fingerprint density at radius 2 is 2.17 bits per heavy atom. The number of thiophene rings is 1. The molecule has 4 heterocycles. The molecule has 0 aromatic carbocycles. The van der Waals surface area contributed by atoms with Gasteiger partial charge in [0.1, 0.15) is 0 Å². The number of likely N-dealkylation sites (tertiary alicyclic amines) is 1. The summed E-state index contributed by atoms with van der Waals surface area (Å²) in [5.41, 5.74) is 0.450. The Kier molecular flexibility index (Phi) is 4.18. The van der Waals surface area contributed by atoms with Crippen molar-refractivity contribution in [2.45, 2.75) is 51.2 Å². The Hall–Kier alpha value is -1.66. The Balaban J connectivity index is 1.57. The summed E-state index contributed by atoms with van der Waals surface area (Å²) >= 11 is 1.57. The molecule has 24 heavy (non-hydrogen) atoms. The summed E-state index contributed by atoms with van der Waals surface area (Å²) in [6, 6.07) is 5.54. The quantitative estimate of drug-likeness (QED) is 0.854. The van der Waals surface area contributed by atoms with Crippen LogP contribution in [0.1, 0.15) is 43.6 Å². The number of hydrogen-bond donors (Lipinski definition) is 0. The molecule has 0 radical (unpaired) electrons. The first kappa shape index (κ1) is 15.8. The zero-order valence-electron chi connectivity index (χ0n) is 14.1. The van der Waals surface area contributed by atoms with Crippen molar-refractivity contribution in [1.82, 2.24) is 14.8 Å². The number of aromatic nitrogens is 1. The third-order valence-corrected chi connectivity index (χ3v) is 6.11. The first-order chi connectivity index (χ1) is 11.6. The third kappa shape index (κ3) is 2.67. The minimum atomic E-state index is 0.00315. The molecule has 0 saturated carbocycles. The Morgan fingerprint density at radius 3 is 2.92 bits per heavy atom. The van der Waals surface area contributed by atoms with E-state index >= 15 is 0 Å². The van der Waals surface area contributed by atoms with E-state index in [9.17, 15) is 4.79 Å². The van der Waals surface area contributed by atoms with Crippen LogP contribution in [0.25, 0.3) is 10.6 Å². The van der Waals surface area contributed by atoms with Crippen molar-refractivity contribution in [1.29, 1.82) is 0 Å². The molecule has 5 nitrogen and oxygen atoms in total. The van der Waals surface area contributed by atoms with E-state index in [1.807, 2.05) is 22.4 Å². The topological polar surface area (TPSA) is 49.6 Å². The lowest BCUT2D eigenvalue weighted by molar-refractivity contribution is 0.0723. The number of amides is 1. The number of oxazole rings is 1. The van der Waals surface area contributed by atoms with Gasteiger partial charge in [0.15, 0.2) is 17.8 Å². The van der Waals surface area contributed by atoms with E-state index in [4.69, 9.17) is 4.42 Å². The molecule has 128 valence electrons. The van der Waals surface area contributed by atoms with Crippen LogP contribution in [0.15, 0.2) is 28.3 Å². The monoisotopic (exact) mass is 345 g/mol. The summed E-state index contributed by atoms with van der Waals surface area (Å²) in [6.07, 6.45) is 4.87. The van der Waals surface area contributed by atoms with Crippen LogP contribution in [0.5, 0.6) is 0 Å². The Bertz CT molecular complexity index is 710. The van der Waals surface area contributed by atoms with Crippen LogP contribution in [-0.4, -0.2) is 51.9 Å². The second kappa shape index (κ2) is 6.33. The van der Waals surface area contributed by atoms with Crippen LogP contribution in [0.3, 0.4) is 0 Å². The van der Waals surface area contributed by atoms with Gasteiger partial charge in [0, 0.05) is 31.2 Å². The molecule has 0 unspecified atom stereocenters. The van der Waals surface area contributed by atoms with Gasteiger partial charge in [-0.15, -0.1) is 11.3 Å². The van der Waals surface area contributed by atoms with Gasteiger partial charge in [0.05, 0.1) is 4.88 Å². The fourth-order valence-electron chi connectivity index (χ4n) is 4.27. The molecular weight excluding hydrogens is 322 g/mol. The van der Waals surface area contributed by atoms with Crippen molar-refractivity contribution in [3.8, 4) is 10.6 Å². The van der Waals surface area contributed by atoms with Gasteiger partial charge in [-0.05, 0) is 44.6 Å².